The van der Waals surface area contributed by atoms with Gasteiger partial charge >= 0.3 is 6.03 Å². The summed E-state index contributed by atoms with van der Waals surface area (Å²) in [6, 6.07) is -0.121. The maximum absolute atomic E-state index is 13.7. The van der Waals surface area contributed by atoms with Crippen molar-refractivity contribution >= 4 is 23.8 Å². The number of guanidine groups is 1. The van der Waals surface area contributed by atoms with E-state index in [0.717, 1.165) is 12.1 Å². The molecule has 32 heavy (non-hydrogen) atoms. The number of hydrogen-bond acceptors (Lipinski definition) is 5. The molecule has 11 nitrogen and oxygen atoms in total. The maximum atomic E-state index is 13.7. The minimum Gasteiger partial charge on any atom is -0.508 e. The first-order valence-corrected chi connectivity index (χ1v) is 9.96. The lowest BCUT2D eigenvalue weighted by Gasteiger charge is -2.13. The first kappa shape index (κ1) is 26.6. The van der Waals surface area contributed by atoms with Crippen LogP contribution < -0.4 is 32.7 Å². The van der Waals surface area contributed by atoms with Crippen LogP contribution in [0.15, 0.2) is 17.1 Å². The second-order valence-electron chi connectivity index (χ2n) is 6.71. The van der Waals surface area contributed by atoms with Crippen molar-refractivity contribution in [3.05, 3.63) is 29.3 Å². The number of hydrogen-bond donors (Lipinski definition) is 7. The number of nitrogens with two attached hydrogens (primary N) is 2. The van der Waals surface area contributed by atoms with E-state index in [0.29, 0.717) is 12.8 Å². The lowest BCUT2D eigenvalue weighted by Crippen LogP contribution is -2.41. The molecule has 0 saturated carbocycles. The molecular weight excluding hydrogens is 428 g/mol. The Hall–Kier alpha value is -3.48. The first-order chi connectivity index (χ1) is 15.1. The van der Waals surface area contributed by atoms with Gasteiger partial charge in [-0.15, -0.1) is 0 Å². The predicted octanol–water partition coefficient (Wildman–Crippen LogP) is -0.466. The Bertz CT molecular complexity index is 813. The van der Waals surface area contributed by atoms with Crippen LogP contribution in [0.25, 0.3) is 0 Å². The number of aromatic hydroxyl groups is 1. The van der Waals surface area contributed by atoms with Gasteiger partial charge in [0.25, 0.3) is 0 Å². The molecule has 0 aromatic heterocycles. The minimum absolute atomic E-state index is 0.128. The molecule has 1 rings (SSSR count). The second kappa shape index (κ2) is 13.7. The molecule has 0 fully saturated rings. The molecule has 0 radical (unpaired) electrons. The van der Waals surface area contributed by atoms with Crippen LogP contribution in [0.4, 0.5) is 13.6 Å². The molecule has 0 unspecified atom stereocenters. The zero-order valence-corrected chi connectivity index (χ0v) is 17.7. The fraction of sp³-hybridized carbons (Fsp3) is 0.474. The number of phenolic OH excluding ortho intramolecular Hbond substituents is 1. The Kier molecular flexibility index (Phi) is 11.4. The summed E-state index contributed by atoms with van der Waals surface area (Å²) >= 11 is 0. The van der Waals surface area contributed by atoms with Gasteiger partial charge in [-0.1, -0.05) is 6.92 Å². The molecule has 0 aliphatic carbocycles. The van der Waals surface area contributed by atoms with Crippen LogP contribution in [0.3, 0.4) is 0 Å². The number of halogens is 2. The van der Waals surface area contributed by atoms with Crippen molar-refractivity contribution in [1.29, 1.82) is 0 Å². The van der Waals surface area contributed by atoms with E-state index in [1.54, 1.807) is 6.92 Å². The predicted molar refractivity (Wildman–Crippen MR) is 113 cm³/mol. The number of nitrogens with zero attached hydrogens (tertiary/aromatic N) is 1. The highest BCUT2D eigenvalue weighted by Crippen LogP contribution is 2.19. The molecule has 1 aromatic rings. The van der Waals surface area contributed by atoms with Gasteiger partial charge in [0.2, 0.25) is 11.8 Å². The van der Waals surface area contributed by atoms with E-state index >= 15 is 0 Å². The van der Waals surface area contributed by atoms with Crippen molar-refractivity contribution in [2.45, 2.75) is 38.8 Å². The topological polar surface area (TPSA) is 184 Å². The summed E-state index contributed by atoms with van der Waals surface area (Å²) in [7, 11) is 0. The average Bonchev–Trinajstić information content (AvgIpc) is 2.72. The van der Waals surface area contributed by atoms with Gasteiger partial charge in [-0.2, -0.15) is 4.99 Å². The average molecular weight is 457 g/mol. The summed E-state index contributed by atoms with van der Waals surface area (Å²) in [4.78, 5) is 38.2. The maximum Gasteiger partial charge on any atom is 0.344 e. The number of benzene rings is 1. The van der Waals surface area contributed by atoms with Crippen LogP contribution in [0.2, 0.25) is 0 Å². The highest BCUT2D eigenvalue weighted by molar-refractivity contribution is 5.91. The van der Waals surface area contributed by atoms with Gasteiger partial charge in [-0.3, -0.25) is 9.59 Å². The van der Waals surface area contributed by atoms with Crippen LogP contribution in [0.1, 0.15) is 31.7 Å². The van der Waals surface area contributed by atoms with Gasteiger partial charge in [0.15, 0.2) is 5.96 Å². The quantitative estimate of drug-likeness (QED) is 0.133. The number of aliphatic imine (C=N–C) groups is 1. The van der Waals surface area contributed by atoms with Gasteiger partial charge in [0.05, 0.1) is 6.04 Å². The number of nitrogens with one attached hydrogen (secondary N) is 4. The van der Waals surface area contributed by atoms with Crippen LogP contribution in [0, 0.1) is 11.6 Å². The number of urea groups is 1. The SMILES string of the molecule is CCC(=O)NCCNC(=O)/N=C(/N)NCCC[C@@H](N)C(=O)NCc1c(F)cc(O)cc1F. The fourth-order valence-corrected chi connectivity index (χ4v) is 2.42. The van der Waals surface area contributed by atoms with E-state index in [1.165, 1.54) is 0 Å². The zero-order chi connectivity index (χ0) is 24.1. The van der Waals surface area contributed by atoms with Crippen LogP contribution in [0.5, 0.6) is 5.75 Å². The molecule has 0 aliphatic heterocycles. The third kappa shape index (κ3) is 10.0. The van der Waals surface area contributed by atoms with Crippen molar-refractivity contribution in [3.63, 3.8) is 0 Å². The minimum atomic E-state index is -0.981. The lowest BCUT2D eigenvalue weighted by atomic mass is 10.1. The van der Waals surface area contributed by atoms with Gasteiger partial charge < -0.3 is 37.8 Å². The van der Waals surface area contributed by atoms with E-state index in [4.69, 9.17) is 16.6 Å². The van der Waals surface area contributed by atoms with Gasteiger partial charge in [0.1, 0.15) is 17.4 Å². The highest BCUT2D eigenvalue weighted by Gasteiger charge is 2.16. The van der Waals surface area contributed by atoms with Gasteiger partial charge in [0, 0.05) is 50.3 Å². The third-order valence-electron chi connectivity index (χ3n) is 4.17. The summed E-state index contributed by atoms with van der Waals surface area (Å²) < 4.78 is 27.3. The lowest BCUT2D eigenvalue weighted by molar-refractivity contribution is -0.123. The van der Waals surface area contributed by atoms with Crippen molar-refractivity contribution in [2.24, 2.45) is 16.5 Å². The summed E-state index contributed by atoms with van der Waals surface area (Å²) in [5.41, 5.74) is 11.0. The molecule has 0 heterocycles. The Morgan fingerprint density at radius 2 is 1.69 bits per heavy atom. The Balaban J connectivity index is 2.27. The Morgan fingerprint density at radius 1 is 1.06 bits per heavy atom. The van der Waals surface area contributed by atoms with E-state index in [2.05, 4.69) is 26.3 Å². The summed E-state index contributed by atoms with van der Waals surface area (Å²) in [6.07, 6.45) is 0.983. The fourth-order valence-electron chi connectivity index (χ4n) is 2.42. The van der Waals surface area contributed by atoms with Crippen molar-refractivity contribution in [3.8, 4) is 5.75 Å². The molecule has 1 aromatic carbocycles. The van der Waals surface area contributed by atoms with E-state index in [9.17, 15) is 23.2 Å². The standard InChI is InChI=1S/C19H29F2N7O4/c1-2-16(30)24-6-7-26-19(32)28-18(23)25-5-3-4-15(22)17(31)27-10-12-13(20)8-11(29)9-14(12)21/h8-9,15,29H,2-7,10,22H2,1H3,(H,24,30)(H,27,31)(H4,23,25,26,28,32)/t15-/m1/s1. The van der Waals surface area contributed by atoms with Crippen LogP contribution in [-0.4, -0.2) is 54.6 Å². The zero-order valence-electron chi connectivity index (χ0n) is 17.7. The van der Waals surface area contributed by atoms with Crippen LogP contribution >= 0.6 is 0 Å². The second-order valence-corrected chi connectivity index (χ2v) is 6.71. The summed E-state index contributed by atoms with van der Waals surface area (Å²) in [5.74, 6) is -3.38. The number of carbonyl (C=O) groups is 3. The first-order valence-electron chi connectivity index (χ1n) is 9.96. The van der Waals surface area contributed by atoms with Crippen molar-refractivity contribution in [1.82, 2.24) is 21.3 Å². The highest BCUT2D eigenvalue weighted by atomic mass is 19.1. The molecule has 0 bridgehead atoms. The number of amides is 4. The molecule has 178 valence electrons. The molecule has 4 amide bonds. The van der Waals surface area contributed by atoms with Gasteiger partial charge in [-0.05, 0) is 12.8 Å². The van der Waals surface area contributed by atoms with Crippen molar-refractivity contribution < 1.29 is 28.3 Å². The van der Waals surface area contributed by atoms with E-state index in [-0.39, 0.29) is 43.5 Å². The van der Waals surface area contributed by atoms with Crippen molar-refractivity contribution in [2.75, 3.05) is 19.6 Å². The summed E-state index contributed by atoms with van der Waals surface area (Å²) in [6.45, 7) is 2.04. The van der Waals surface area contributed by atoms with E-state index in [1.807, 2.05) is 0 Å². The number of rotatable bonds is 11. The molecular formula is C19H29F2N7O4. The van der Waals surface area contributed by atoms with Gasteiger partial charge in [-0.25, -0.2) is 13.6 Å². The third-order valence-corrected chi connectivity index (χ3v) is 4.17. The molecule has 9 N–H and O–H groups in total. The molecule has 0 aliphatic rings. The normalized spacial score (nSPS) is 12.1. The Morgan fingerprint density at radius 3 is 2.31 bits per heavy atom. The van der Waals surface area contributed by atoms with E-state index < -0.39 is 41.9 Å². The molecule has 0 saturated heterocycles. The monoisotopic (exact) mass is 457 g/mol. The molecule has 1 atom stereocenters. The smallest absolute Gasteiger partial charge is 0.344 e. The summed E-state index contributed by atoms with van der Waals surface area (Å²) in [5, 5.41) is 19.2. The molecule has 0 spiro atoms. The largest absolute Gasteiger partial charge is 0.508 e. The van der Waals surface area contributed by atoms with Crippen LogP contribution in [-0.2, 0) is 16.1 Å². The molecule has 13 heteroatoms. The Labute approximate surface area is 184 Å². The number of carbonyl (C=O) groups excluding carboxylic acids is 3. The number of phenols is 1.